The minimum Gasteiger partial charge on any atom is -0.375 e. The molecule has 4 rings (SSSR count). The number of alkyl halides is 1. The Morgan fingerprint density at radius 3 is 2.37 bits per heavy atom. The zero-order chi connectivity index (χ0) is 46.6. The third-order valence-electron chi connectivity index (χ3n) is 11.3. The van der Waals surface area contributed by atoms with Crippen molar-refractivity contribution in [1.82, 2.24) is 20.4 Å². The summed E-state index contributed by atoms with van der Waals surface area (Å²) in [6.45, 7) is 20.1. The molecule has 2 aromatic carbocycles. The molecule has 12 heteroatoms. The minimum absolute atomic E-state index is 0.0635. The SMILES string of the molecule is C=C/C=C(\C/C=C\C(C)C#N)[C@@H](CNCN1C[C@H](C(=O)CN(C(=C)NC)c2cc(C)cc(C)c2)[C@H](C2=CC=C=C(C#N)C=C2)C1)[C@H](C)N(C)C(=O)N(C=O)c1cccc(C)c1.CCl. The molecular weight excluding hydrogens is 808 g/mol. The lowest BCUT2D eigenvalue weighted by Gasteiger charge is -2.36. The molecule has 1 aliphatic heterocycles. The first-order chi connectivity index (χ1) is 30.2. The number of nitrogens with zero attached hydrogens (tertiary/aromatic N) is 6. The van der Waals surface area contributed by atoms with Gasteiger partial charge in [0.25, 0.3) is 0 Å². The standard InChI is InChI=1S/C50H60N8O3.CH3Cl/c1-10-14-42(18-11-16-36(3)27-51)46(39(6)55(9)50(61)58(34-59)44-20-12-15-35(2)24-44)29-54-33-56-30-47(43-19-13-17-41(28-52)21-22-43)48(31-56)49(60)32-57(40(7)53-8)45-25-37(4)23-38(5)26-45;1-2/h10-16,19-26,34,36,39,46-48,53-54H,1,7,18,29-33H2,2-6,8-9H3;1H3/b16-11-,42-14+;/t36?,39-,46-,47-,48-;/m0./s1. The molecule has 332 valence electrons. The van der Waals surface area contributed by atoms with Crippen molar-refractivity contribution < 1.29 is 14.4 Å². The number of aryl methyl sites for hydroxylation is 3. The van der Waals surface area contributed by atoms with E-state index in [1.165, 1.54) is 6.38 Å². The van der Waals surface area contributed by atoms with Crippen LogP contribution in [0.2, 0.25) is 0 Å². The van der Waals surface area contributed by atoms with E-state index in [9.17, 15) is 24.9 Å². The van der Waals surface area contributed by atoms with Crippen molar-refractivity contribution in [2.24, 2.45) is 23.7 Å². The normalized spacial score (nSPS) is 17.3. The van der Waals surface area contributed by atoms with Crippen LogP contribution in [0.25, 0.3) is 0 Å². The van der Waals surface area contributed by atoms with Gasteiger partial charge in [-0.1, -0.05) is 73.4 Å². The number of allylic oxidation sites excluding steroid dienone is 8. The number of benzene rings is 2. The molecule has 0 saturated carbocycles. The van der Waals surface area contributed by atoms with E-state index in [0.717, 1.165) is 38.4 Å². The summed E-state index contributed by atoms with van der Waals surface area (Å²) >= 11 is 4.64. The highest BCUT2D eigenvalue weighted by Crippen LogP contribution is 2.33. The van der Waals surface area contributed by atoms with Crippen molar-refractivity contribution in [3.63, 3.8) is 0 Å². The number of anilines is 2. The quantitative estimate of drug-likeness (QED) is 0.0441. The van der Waals surface area contributed by atoms with Gasteiger partial charge in [0.05, 0.1) is 35.6 Å². The van der Waals surface area contributed by atoms with Gasteiger partial charge in [-0.3, -0.25) is 14.5 Å². The number of hydrogen-bond donors (Lipinski definition) is 2. The topological polar surface area (TPSA) is 136 Å². The maximum absolute atomic E-state index is 14.6. The zero-order valence-corrected chi connectivity index (χ0v) is 38.8. The number of imide groups is 1. The second-order valence-corrected chi connectivity index (χ2v) is 15.9. The van der Waals surface area contributed by atoms with Gasteiger partial charge in [-0.15, -0.1) is 17.3 Å². The van der Waals surface area contributed by atoms with Crippen LogP contribution in [0.5, 0.6) is 0 Å². The van der Waals surface area contributed by atoms with E-state index in [1.54, 1.807) is 49.4 Å². The number of amides is 3. The number of urea groups is 1. The van der Waals surface area contributed by atoms with E-state index in [-0.39, 0.29) is 42.0 Å². The van der Waals surface area contributed by atoms with Gasteiger partial charge in [-0.2, -0.15) is 10.5 Å². The molecule has 0 bridgehead atoms. The summed E-state index contributed by atoms with van der Waals surface area (Å²) in [6, 6.07) is 17.0. The summed E-state index contributed by atoms with van der Waals surface area (Å²) in [6.07, 6.45) is 17.4. The molecule has 0 radical (unpaired) electrons. The average molecular weight is 872 g/mol. The fourth-order valence-corrected chi connectivity index (χ4v) is 7.91. The van der Waals surface area contributed by atoms with Gasteiger partial charge in [0.2, 0.25) is 6.41 Å². The first-order valence-electron chi connectivity index (χ1n) is 21.0. The van der Waals surface area contributed by atoms with Crippen LogP contribution in [-0.2, 0) is 9.59 Å². The van der Waals surface area contributed by atoms with Crippen molar-refractivity contribution in [1.29, 1.82) is 10.5 Å². The lowest BCUT2D eigenvalue weighted by Crippen LogP contribution is -2.50. The van der Waals surface area contributed by atoms with Gasteiger partial charge in [0.1, 0.15) is 6.07 Å². The molecule has 2 aromatic rings. The second-order valence-electron chi connectivity index (χ2n) is 15.9. The summed E-state index contributed by atoms with van der Waals surface area (Å²) in [7, 11) is 3.50. The molecule has 11 nitrogen and oxygen atoms in total. The van der Waals surface area contributed by atoms with E-state index in [4.69, 9.17) is 0 Å². The molecule has 63 heavy (non-hydrogen) atoms. The smallest absolute Gasteiger partial charge is 0.331 e. The fraction of sp³-hybridized carbons (Fsp3) is 0.373. The fourth-order valence-electron chi connectivity index (χ4n) is 7.91. The van der Waals surface area contributed by atoms with Crippen molar-refractivity contribution >= 4 is 41.2 Å². The summed E-state index contributed by atoms with van der Waals surface area (Å²) in [5.41, 5.74) is 9.83. The number of Topliss-reactive ketones (excluding diaryl/α,β-unsaturated/α-hetero) is 1. The number of carbonyl (C=O) groups is 3. The second kappa shape index (κ2) is 25.7. The van der Waals surface area contributed by atoms with E-state index in [0.29, 0.717) is 56.2 Å². The number of nitrogens with one attached hydrogen (secondary N) is 2. The van der Waals surface area contributed by atoms with Crippen molar-refractivity contribution in [2.75, 3.05) is 63.1 Å². The van der Waals surface area contributed by atoms with Gasteiger partial charge in [-0.25, -0.2) is 9.69 Å². The first-order valence-corrected chi connectivity index (χ1v) is 21.8. The Labute approximate surface area is 380 Å². The van der Waals surface area contributed by atoms with Crippen LogP contribution in [0.3, 0.4) is 0 Å². The van der Waals surface area contributed by atoms with Crippen molar-refractivity contribution in [2.45, 2.75) is 47.1 Å². The van der Waals surface area contributed by atoms with E-state index < -0.39 is 6.03 Å². The number of halogens is 1. The van der Waals surface area contributed by atoms with Crippen LogP contribution in [0, 0.1) is 67.1 Å². The van der Waals surface area contributed by atoms with E-state index in [2.05, 4.69) is 76.4 Å². The molecule has 0 aromatic heterocycles. The Kier molecular flexibility index (Phi) is 20.8. The molecular formula is C51H63ClN8O3. The zero-order valence-electron chi connectivity index (χ0n) is 38.1. The summed E-state index contributed by atoms with van der Waals surface area (Å²) in [5.74, 6) is -0.353. The Balaban J connectivity index is 0.00000520. The largest absolute Gasteiger partial charge is 0.375 e. The van der Waals surface area contributed by atoms with Gasteiger partial charge in [0.15, 0.2) is 5.78 Å². The predicted octanol–water partition coefficient (Wildman–Crippen LogP) is 8.67. The molecule has 1 saturated heterocycles. The molecule has 2 aliphatic rings. The molecule has 0 spiro atoms. The van der Waals surface area contributed by atoms with Crippen LogP contribution >= 0.6 is 11.6 Å². The van der Waals surface area contributed by atoms with Crippen molar-refractivity contribution in [3.05, 3.63) is 149 Å². The summed E-state index contributed by atoms with van der Waals surface area (Å²) in [4.78, 5) is 47.8. The van der Waals surface area contributed by atoms with E-state index in [1.807, 2.05) is 82.0 Å². The molecule has 1 fully saturated rings. The minimum atomic E-state index is -0.461. The highest BCUT2D eigenvalue weighted by Gasteiger charge is 2.40. The Hall–Kier alpha value is -6.20. The molecule has 1 unspecified atom stereocenters. The third-order valence-corrected chi connectivity index (χ3v) is 11.3. The highest BCUT2D eigenvalue weighted by atomic mass is 35.5. The van der Waals surface area contributed by atoms with Crippen LogP contribution in [0.15, 0.2) is 133 Å². The van der Waals surface area contributed by atoms with Gasteiger partial charge in [-0.05, 0) is 99.7 Å². The van der Waals surface area contributed by atoms with E-state index >= 15 is 0 Å². The molecule has 5 atom stereocenters. The number of carbonyl (C=O) groups excluding carboxylic acids is 3. The molecule has 1 heterocycles. The Bertz CT molecular complexity index is 2220. The van der Waals surface area contributed by atoms with Crippen molar-refractivity contribution in [3.8, 4) is 12.1 Å². The summed E-state index contributed by atoms with van der Waals surface area (Å²) < 4.78 is 0. The Morgan fingerprint density at radius 2 is 1.75 bits per heavy atom. The van der Waals surface area contributed by atoms with Crippen LogP contribution in [0.1, 0.15) is 37.0 Å². The van der Waals surface area contributed by atoms with Crippen LogP contribution in [0.4, 0.5) is 16.2 Å². The summed E-state index contributed by atoms with van der Waals surface area (Å²) in [5, 5.41) is 25.8. The first kappa shape index (κ1) is 51.2. The average Bonchev–Trinajstić information content (AvgIpc) is 3.55. The lowest BCUT2D eigenvalue weighted by atomic mass is 9.85. The predicted molar refractivity (Wildman–Crippen MR) is 257 cm³/mol. The number of nitriles is 2. The number of likely N-dealkylation sites (tertiary alicyclic amines) is 1. The number of hydrogen-bond acceptors (Lipinski definition) is 9. The monoisotopic (exact) mass is 870 g/mol. The van der Waals surface area contributed by atoms with Crippen LogP contribution < -0.4 is 20.4 Å². The maximum atomic E-state index is 14.6. The van der Waals surface area contributed by atoms with Gasteiger partial charge in [0, 0.05) is 76.3 Å². The van der Waals surface area contributed by atoms with Gasteiger partial charge >= 0.3 is 6.03 Å². The molecule has 1 aliphatic carbocycles. The number of ketones is 1. The maximum Gasteiger partial charge on any atom is 0.331 e. The molecule has 2 N–H and O–H groups in total. The Morgan fingerprint density at radius 1 is 1.05 bits per heavy atom. The highest BCUT2D eigenvalue weighted by molar-refractivity contribution is 6.15. The number of rotatable bonds is 20. The third kappa shape index (κ3) is 14.4. The van der Waals surface area contributed by atoms with Gasteiger partial charge < -0.3 is 20.4 Å². The lowest BCUT2D eigenvalue weighted by molar-refractivity contribution is -0.121. The molecule has 3 amide bonds. The van der Waals surface area contributed by atoms with Crippen LogP contribution in [-0.4, -0.2) is 87.4 Å².